The van der Waals surface area contributed by atoms with E-state index in [-0.39, 0.29) is 0 Å². The molecule has 0 bridgehead atoms. The summed E-state index contributed by atoms with van der Waals surface area (Å²) in [4.78, 5) is 9.72. The maximum Gasteiger partial charge on any atom is 0.157 e. The molecule has 3 rings (SSSR count). The van der Waals surface area contributed by atoms with E-state index in [1.165, 1.54) is 19.5 Å². The van der Waals surface area contributed by atoms with Gasteiger partial charge in [0.25, 0.3) is 0 Å². The standard InChI is InChI=1S/C19H31N5/c1-13(2)17-10-19(24-18(20-17)9-15(5)21-24)22(6)11-16-7-8-23(12-16)14(3)4/h9-10,13-14,16H,7-8,11-12H2,1-6H3/t16-/m1/s1. The van der Waals surface area contributed by atoms with Gasteiger partial charge in [-0.1, -0.05) is 13.8 Å². The number of hydrogen-bond acceptors (Lipinski definition) is 4. The number of rotatable bonds is 5. The van der Waals surface area contributed by atoms with Gasteiger partial charge in [-0.2, -0.15) is 9.61 Å². The Bertz CT molecular complexity index is 703. The molecule has 0 unspecified atom stereocenters. The van der Waals surface area contributed by atoms with Gasteiger partial charge in [-0.3, -0.25) is 0 Å². The van der Waals surface area contributed by atoms with E-state index >= 15 is 0 Å². The summed E-state index contributed by atoms with van der Waals surface area (Å²) in [6.07, 6.45) is 1.28. The smallest absolute Gasteiger partial charge is 0.157 e. The number of anilines is 1. The van der Waals surface area contributed by atoms with Crippen LogP contribution in [0.4, 0.5) is 5.82 Å². The molecule has 132 valence electrons. The van der Waals surface area contributed by atoms with Gasteiger partial charge in [-0.05, 0) is 45.6 Å². The Morgan fingerprint density at radius 3 is 2.62 bits per heavy atom. The topological polar surface area (TPSA) is 36.7 Å². The van der Waals surface area contributed by atoms with Crippen molar-refractivity contribution in [3.05, 3.63) is 23.5 Å². The van der Waals surface area contributed by atoms with Crippen LogP contribution in [0.2, 0.25) is 0 Å². The van der Waals surface area contributed by atoms with Crippen molar-refractivity contribution in [2.45, 2.75) is 53.0 Å². The molecule has 3 heterocycles. The Balaban J connectivity index is 1.85. The van der Waals surface area contributed by atoms with Crippen LogP contribution in [0.5, 0.6) is 0 Å². The van der Waals surface area contributed by atoms with E-state index < -0.39 is 0 Å². The first-order valence-corrected chi connectivity index (χ1v) is 9.17. The van der Waals surface area contributed by atoms with Gasteiger partial charge >= 0.3 is 0 Å². The van der Waals surface area contributed by atoms with Gasteiger partial charge in [0.2, 0.25) is 0 Å². The summed E-state index contributed by atoms with van der Waals surface area (Å²) in [5, 5.41) is 4.65. The zero-order valence-corrected chi connectivity index (χ0v) is 16.0. The van der Waals surface area contributed by atoms with Crippen molar-refractivity contribution >= 4 is 11.5 Å². The molecule has 1 fully saturated rings. The molecule has 1 saturated heterocycles. The van der Waals surface area contributed by atoms with Crippen LogP contribution >= 0.6 is 0 Å². The highest BCUT2D eigenvalue weighted by Gasteiger charge is 2.26. The van der Waals surface area contributed by atoms with Gasteiger partial charge in [0.1, 0.15) is 5.82 Å². The highest BCUT2D eigenvalue weighted by atomic mass is 15.3. The van der Waals surface area contributed by atoms with E-state index in [1.54, 1.807) is 0 Å². The van der Waals surface area contributed by atoms with E-state index in [4.69, 9.17) is 4.98 Å². The Hall–Kier alpha value is -1.62. The van der Waals surface area contributed by atoms with E-state index in [2.05, 4.69) is 61.8 Å². The first-order chi connectivity index (χ1) is 11.3. The molecule has 5 nitrogen and oxygen atoms in total. The van der Waals surface area contributed by atoms with Crippen LogP contribution < -0.4 is 4.90 Å². The zero-order valence-electron chi connectivity index (χ0n) is 16.0. The second kappa shape index (κ2) is 6.71. The number of likely N-dealkylation sites (tertiary alicyclic amines) is 1. The first-order valence-electron chi connectivity index (χ1n) is 9.17. The molecular weight excluding hydrogens is 298 g/mol. The number of hydrogen-bond donors (Lipinski definition) is 0. The van der Waals surface area contributed by atoms with E-state index in [9.17, 15) is 0 Å². The van der Waals surface area contributed by atoms with Gasteiger partial charge in [0.15, 0.2) is 5.65 Å². The quantitative estimate of drug-likeness (QED) is 0.843. The van der Waals surface area contributed by atoms with Crippen LogP contribution in [0.15, 0.2) is 12.1 Å². The molecule has 24 heavy (non-hydrogen) atoms. The summed E-state index contributed by atoms with van der Waals surface area (Å²) >= 11 is 0. The van der Waals surface area contributed by atoms with Gasteiger partial charge in [0, 0.05) is 44.0 Å². The molecule has 0 spiro atoms. The first kappa shape index (κ1) is 17.2. The Morgan fingerprint density at radius 1 is 1.25 bits per heavy atom. The van der Waals surface area contributed by atoms with Crippen LogP contribution in [0.3, 0.4) is 0 Å². The van der Waals surface area contributed by atoms with Crippen molar-refractivity contribution < 1.29 is 0 Å². The summed E-state index contributed by atoms with van der Waals surface area (Å²) in [6.45, 7) is 14.5. The number of nitrogens with zero attached hydrogens (tertiary/aromatic N) is 5. The van der Waals surface area contributed by atoms with Crippen molar-refractivity contribution in [1.82, 2.24) is 19.5 Å². The molecular formula is C19H31N5. The zero-order chi connectivity index (χ0) is 17.4. The molecule has 1 aliphatic heterocycles. The molecule has 0 amide bonds. The van der Waals surface area contributed by atoms with Crippen molar-refractivity contribution in [2.75, 3.05) is 31.6 Å². The second-order valence-electron chi connectivity index (χ2n) is 7.87. The molecule has 0 saturated carbocycles. The maximum absolute atomic E-state index is 4.77. The lowest BCUT2D eigenvalue weighted by molar-refractivity contribution is 0.265. The SMILES string of the molecule is Cc1cc2nc(C(C)C)cc(N(C)C[C@H]3CCN(C(C)C)C3)n2n1. The Labute approximate surface area is 145 Å². The lowest BCUT2D eigenvalue weighted by Gasteiger charge is -2.25. The fourth-order valence-electron chi connectivity index (χ4n) is 3.62. The number of aromatic nitrogens is 3. The van der Waals surface area contributed by atoms with E-state index in [0.29, 0.717) is 12.0 Å². The maximum atomic E-state index is 4.77. The average Bonchev–Trinajstić information content (AvgIpc) is 3.11. The van der Waals surface area contributed by atoms with E-state index in [0.717, 1.165) is 35.3 Å². The molecule has 1 atom stereocenters. The monoisotopic (exact) mass is 329 g/mol. The third kappa shape index (κ3) is 3.41. The minimum absolute atomic E-state index is 0.417. The molecule has 0 radical (unpaired) electrons. The summed E-state index contributed by atoms with van der Waals surface area (Å²) < 4.78 is 2.00. The van der Waals surface area contributed by atoms with Crippen LogP contribution in [-0.2, 0) is 0 Å². The molecule has 2 aromatic rings. The average molecular weight is 329 g/mol. The molecule has 5 heteroatoms. The minimum atomic E-state index is 0.417. The summed E-state index contributed by atoms with van der Waals surface area (Å²) in [5.41, 5.74) is 3.11. The molecule has 0 aliphatic carbocycles. The third-order valence-electron chi connectivity index (χ3n) is 5.11. The lowest BCUT2D eigenvalue weighted by atomic mass is 10.1. The number of fused-ring (bicyclic) bond motifs is 1. The highest BCUT2D eigenvalue weighted by molar-refractivity contribution is 5.52. The van der Waals surface area contributed by atoms with Crippen molar-refractivity contribution in [3.63, 3.8) is 0 Å². The van der Waals surface area contributed by atoms with Crippen LogP contribution in [0.25, 0.3) is 5.65 Å². The molecule has 1 aliphatic rings. The Kier molecular flexibility index (Phi) is 4.81. The van der Waals surface area contributed by atoms with E-state index in [1.807, 2.05) is 11.4 Å². The summed E-state index contributed by atoms with van der Waals surface area (Å²) in [7, 11) is 2.19. The molecule has 0 aromatic carbocycles. The summed E-state index contributed by atoms with van der Waals surface area (Å²) in [5.74, 6) is 2.29. The Morgan fingerprint density at radius 2 is 2.00 bits per heavy atom. The van der Waals surface area contributed by atoms with Gasteiger partial charge in [-0.25, -0.2) is 4.98 Å². The second-order valence-corrected chi connectivity index (χ2v) is 7.87. The van der Waals surface area contributed by atoms with Crippen LogP contribution in [0.1, 0.15) is 51.4 Å². The third-order valence-corrected chi connectivity index (χ3v) is 5.11. The predicted octanol–water partition coefficient (Wildman–Crippen LogP) is 3.33. The molecule has 2 aromatic heterocycles. The van der Waals surface area contributed by atoms with Crippen molar-refractivity contribution in [3.8, 4) is 0 Å². The fourth-order valence-corrected chi connectivity index (χ4v) is 3.62. The van der Waals surface area contributed by atoms with Crippen LogP contribution in [-0.4, -0.2) is 52.2 Å². The van der Waals surface area contributed by atoms with Crippen molar-refractivity contribution in [1.29, 1.82) is 0 Å². The largest absolute Gasteiger partial charge is 0.359 e. The van der Waals surface area contributed by atoms with Gasteiger partial charge in [0.05, 0.1) is 5.69 Å². The summed E-state index contributed by atoms with van der Waals surface area (Å²) in [6, 6.07) is 4.92. The van der Waals surface area contributed by atoms with Gasteiger partial charge < -0.3 is 9.80 Å². The highest BCUT2D eigenvalue weighted by Crippen LogP contribution is 2.25. The van der Waals surface area contributed by atoms with Gasteiger partial charge in [-0.15, -0.1) is 0 Å². The molecule has 0 N–H and O–H groups in total. The van der Waals surface area contributed by atoms with Crippen LogP contribution in [0, 0.1) is 12.8 Å². The van der Waals surface area contributed by atoms with Crippen molar-refractivity contribution in [2.24, 2.45) is 5.92 Å². The predicted molar refractivity (Wildman–Crippen MR) is 99.9 cm³/mol. The fraction of sp³-hybridized carbons (Fsp3) is 0.684. The normalized spacial score (nSPS) is 19.1. The lowest BCUT2D eigenvalue weighted by Crippen LogP contribution is -2.32. The minimum Gasteiger partial charge on any atom is -0.359 e. The number of aryl methyl sites for hydroxylation is 1.